The number of nitrogens with zero attached hydrogens (tertiary/aromatic N) is 2. The molecule has 0 saturated carbocycles. The molecule has 104 valence electrons. The van der Waals surface area contributed by atoms with E-state index in [1.165, 1.54) is 4.90 Å². The predicted octanol–water partition coefficient (Wildman–Crippen LogP) is 1.54. The third kappa shape index (κ3) is 3.48. The first-order valence-electron chi connectivity index (χ1n) is 6.34. The molecule has 0 bridgehead atoms. The highest BCUT2D eigenvalue weighted by Gasteiger charge is 2.28. The van der Waals surface area contributed by atoms with Crippen molar-refractivity contribution in [3.8, 4) is 6.07 Å². The fourth-order valence-corrected chi connectivity index (χ4v) is 2.52. The number of hydrogen-bond donors (Lipinski definition) is 1. The third-order valence-electron chi connectivity index (χ3n) is 3.23. The standard InChI is InChI=1S/C14H14IN3O2/c15-11-5-3-10(4-6-11)14(20)17-9-13(19)18-7-1-2-12(18)8-16/h3-6,12H,1-2,7,9H2,(H,17,20). The van der Waals surface area contributed by atoms with Crippen molar-refractivity contribution in [1.82, 2.24) is 10.2 Å². The summed E-state index contributed by atoms with van der Waals surface area (Å²) in [5, 5.41) is 11.5. The second-order valence-electron chi connectivity index (χ2n) is 4.56. The molecule has 2 rings (SSSR count). The molecule has 0 aliphatic carbocycles. The van der Waals surface area contributed by atoms with E-state index in [1.54, 1.807) is 12.1 Å². The molecule has 5 nitrogen and oxygen atoms in total. The van der Waals surface area contributed by atoms with Crippen molar-refractivity contribution in [3.05, 3.63) is 33.4 Å². The van der Waals surface area contributed by atoms with Gasteiger partial charge in [-0.15, -0.1) is 0 Å². The lowest BCUT2D eigenvalue weighted by Gasteiger charge is -2.19. The molecule has 1 atom stereocenters. The molecule has 1 aromatic rings. The van der Waals surface area contributed by atoms with E-state index in [9.17, 15) is 9.59 Å². The van der Waals surface area contributed by atoms with Gasteiger partial charge >= 0.3 is 0 Å². The molecule has 1 aromatic carbocycles. The smallest absolute Gasteiger partial charge is 0.251 e. The maximum Gasteiger partial charge on any atom is 0.251 e. The van der Waals surface area contributed by atoms with E-state index in [-0.39, 0.29) is 24.4 Å². The van der Waals surface area contributed by atoms with Crippen LogP contribution in [0.3, 0.4) is 0 Å². The first kappa shape index (κ1) is 14.8. The van der Waals surface area contributed by atoms with Gasteiger partial charge in [-0.1, -0.05) is 0 Å². The van der Waals surface area contributed by atoms with Crippen LogP contribution in [0.25, 0.3) is 0 Å². The predicted molar refractivity (Wildman–Crippen MR) is 81.8 cm³/mol. The normalized spacial score (nSPS) is 17.6. The van der Waals surface area contributed by atoms with Crippen molar-refractivity contribution in [2.75, 3.05) is 13.1 Å². The molecule has 2 amide bonds. The number of halogens is 1. The van der Waals surface area contributed by atoms with Crippen molar-refractivity contribution in [2.24, 2.45) is 0 Å². The fraction of sp³-hybridized carbons (Fsp3) is 0.357. The van der Waals surface area contributed by atoms with Gasteiger partial charge in [0.15, 0.2) is 0 Å². The van der Waals surface area contributed by atoms with Gasteiger partial charge in [-0.25, -0.2) is 0 Å². The number of amides is 2. The number of nitrogens with one attached hydrogen (secondary N) is 1. The average molecular weight is 383 g/mol. The van der Waals surface area contributed by atoms with Crippen LogP contribution in [0.4, 0.5) is 0 Å². The Labute approximate surface area is 131 Å². The number of carbonyl (C=O) groups excluding carboxylic acids is 2. The molecule has 6 heteroatoms. The van der Waals surface area contributed by atoms with Gasteiger partial charge in [0.05, 0.1) is 12.6 Å². The van der Waals surface area contributed by atoms with Crippen LogP contribution in [0.15, 0.2) is 24.3 Å². The highest BCUT2D eigenvalue weighted by Crippen LogP contribution is 2.16. The van der Waals surface area contributed by atoms with Crippen LogP contribution in [0.1, 0.15) is 23.2 Å². The molecule has 20 heavy (non-hydrogen) atoms. The van der Waals surface area contributed by atoms with Gasteiger partial charge < -0.3 is 10.2 Å². The molecule has 0 radical (unpaired) electrons. The molecule has 1 heterocycles. The Morgan fingerprint density at radius 2 is 2.10 bits per heavy atom. The Kier molecular flexibility index (Phi) is 4.95. The monoisotopic (exact) mass is 383 g/mol. The van der Waals surface area contributed by atoms with Crippen LogP contribution in [0, 0.1) is 14.9 Å². The topological polar surface area (TPSA) is 73.2 Å². The van der Waals surface area contributed by atoms with E-state index in [4.69, 9.17) is 5.26 Å². The lowest BCUT2D eigenvalue weighted by Crippen LogP contribution is -2.42. The van der Waals surface area contributed by atoms with Gasteiger partial charge in [0.2, 0.25) is 5.91 Å². The van der Waals surface area contributed by atoms with Crippen molar-refractivity contribution in [1.29, 1.82) is 5.26 Å². The molecule has 1 N–H and O–H groups in total. The number of likely N-dealkylation sites (tertiary alicyclic amines) is 1. The number of nitriles is 1. The van der Waals surface area contributed by atoms with E-state index in [2.05, 4.69) is 34.0 Å². The molecule has 1 aliphatic rings. The molecule has 1 unspecified atom stereocenters. The summed E-state index contributed by atoms with van der Waals surface area (Å²) in [4.78, 5) is 25.4. The average Bonchev–Trinajstić information content (AvgIpc) is 2.93. The molecule has 1 saturated heterocycles. The molecule has 0 aromatic heterocycles. The van der Waals surface area contributed by atoms with E-state index in [0.717, 1.165) is 9.99 Å². The van der Waals surface area contributed by atoms with Crippen LogP contribution in [0.2, 0.25) is 0 Å². The lowest BCUT2D eigenvalue weighted by atomic mass is 10.2. The minimum absolute atomic E-state index is 0.0665. The Morgan fingerprint density at radius 3 is 2.75 bits per heavy atom. The summed E-state index contributed by atoms with van der Waals surface area (Å²) in [6.45, 7) is 0.527. The van der Waals surface area contributed by atoms with E-state index < -0.39 is 0 Å². The Bertz CT molecular complexity index is 551. The summed E-state index contributed by atoms with van der Waals surface area (Å²) >= 11 is 2.16. The molecular weight excluding hydrogens is 369 g/mol. The van der Waals surface area contributed by atoms with Crippen molar-refractivity contribution in [2.45, 2.75) is 18.9 Å². The maximum absolute atomic E-state index is 12.0. The van der Waals surface area contributed by atoms with Gasteiger partial charge in [-0.2, -0.15) is 5.26 Å². The molecule has 1 fully saturated rings. The van der Waals surface area contributed by atoms with Gasteiger partial charge in [-0.3, -0.25) is 9.59 Å². The Balaban J connectivity index is 1.89. The van der Waals surface area contributed by atoms with Crippen molar-refractivity contribution >= 4 is 34.4 Å². The zero-order valence-corrected chi connectivity index (χ0v) is 13.0. The van der Waals surface area contributed by atoms with E-state index in [1.807, 2.05) is 12.1 Å². The second-order valence-corrected chi connectivity index (χ2v) is 5.81. The summed E-state index contributed by atoms with van der Waals surface area (Å²) < 4.78 is 1.05. The van der Waals surface area contributed by atoms with Gasteiger partial charge in [0, 0.05) is 15.7 Å². The van der Waals surface area contributed by atoms with Crippen LogP contribution < -0.4 is 5.32 Å². The number of benzene rings is 1. The molecule has 1 aliphatic heterocycles. The highest BCUT2D eigenvalue weighted by molar-refractivity contribution is 14.1. The first-order valence-corrected chi connectivity index (χ1v) is 7.42. The fourth-order valence-electron chi connectivity index (χ4n) is 2.16. The summed E-state index contributed by atoms with van der Waals surface area (Å²) in [5.41, 5.74) is 0.525. The summed E-state index contributed by atoms with van der Waals surface area (Å²) in [7, 11) is 0. The minimum atomic E-state index is -0.349. The van der Waals surface area contributed by atoms with Crippen LogP contribution in [0.5, 0.6) is 0 Å². The summed E-state index contributed by atoms with van der Waals surface area (Å²) in [5.74, 6) is -0.477. The number of hydrogen-bond acceptors (Lipinski definition) is 3. The largest absolute Gasteiger partial charge is 0.343 e. The SMILES string of the molecule is N#CC1CCCN1C(=O)CNC(=O)c1ccc(I)cc1. The number of rotatable bonds is 3. The zero-order chi connectivity index (χ0) is 14.5. The zero-order valence-electron chi connectivity index (χ0n) is 10.8. The van der Waals surface area contributed by atoms with E-state index >= 15 is 0 Å². The van der Waals surface area contributed by atoms with Crippen molar-refractivity contribution < 1.29 is 9.59 Å². The van der Waals surface area contributed by atoms with Crippen molar-refractivity contribution in [3.63, 3.8) is 0 Å². The quantitative estimate of drug-likeness (QED) is 0.805. The lowest BCUT2D eigenvalue weighted by molar-refractivity contribution is -0.130. The molecule has 0 spiro atoms. The summed E-state index contributed by atoms with van der Waals surface area (Å²) in [6.07, 6.45) is 1.56. The van der Waals surface area contributed by atoms with Crippen LogP contribution >= 0.6 is 22.6 Å². The number of carbonyl (C=O) groups is 2. The van der Waals surface area contributed by atoms with E-state index in [0.29, 0.717) is 18.5 Å². The maximum atomic E-state index is 12.0. The second kappa shape index (κ2) is 6.70. The minimum Gasteiger partial charge on any atom is -0.343 e. The third-order valence-corrected chi connectivity index (χ3v) is 3.95. The Morgan fingerprint density at radius 1 is 1.40 bits per heavy atom. The Hall–Kier alpha value is -1.62. The van der Waals surface area contributed by atoms with Crippen LogP contribution in [-0.2, 0) is 4.79 Å². The van der Waals surface area contributed by atoms with Gasteiger partial charge in [0.25, 0.3) is 5.91 Å². The highest BCUT2D eigenvalue weighted by atomic mass is 127. The summed E-state index contributed by atoms with van der Waals surface area (Å²) in [6, 6.07) is 8.87. The van der Waals surface area contributed by atoms with Gasteiger partial charge in [-0.05, 0) is 59.7 Å². The van der Waals surface area contributed by atoms with Gasteiger partial charge in [0.1, 0.15) is 6.04 Å². The molecular formula is C14H14IN3O2. The first-order chi connectivity index (χ1) is 9.61. The van der Waals surface area contributed by atoms with Crippen LogP contribution in [-0.4, -0.2) is 35.8 Å².